The molecule has 0 nitrogen and oxygen atoms in total. The van der Waals surface area contributed by atoms with Crippen LogP contribution in [-0.2, 0) is 131 Å². The minimum atomic E-state index is 0. The van der Waals surface area contributed by atoms with E-state index in [4.69, 9.17) is 0 Å². The maximum Gasteiger partial charge on any atom is 0 e. The van der Waals surface area contributed by atoms with Gasteiger partial charge in [0.1, 0.15) is 0 Å². The Hall–Kier alpha value is 0.516. The Labute approximate surface area is 316 Å². The molecule has 5 rings (SSSR count). The van der Waals surface area contributed by atoms with E-state index in [1.54, 1.807) is 0 Å². The maximum atomic E-state index is 3.14. The zero-order chi connectivity index (χ0) is 21.6. The molecular weight excluding hydrogens is 740 g/mol. The molecule has 0 aliphatic carbocycles. The Balaban J connectivity index is 0.00000162. The normalized spacial score (nSPS) is 9.83. The molecule has 4 heteroatoms. The van der Waals surface area contributed by atoms with Crippen LogP contribution in [0.3, 0.4) is 0 Å². The van der Waals surface area contributed by atoms with Crippen molar-refractivity contribution in [2.24, 2.45) is 0 Å². The van der Waals surface area contributed by atoms with Crippen LogP contribution >= 0.6 is 0 Å². The molecule has 0 bridgehead atoms. The van der Waals surface area contributed by atoms with Crippen LogP contribution in [0.2, 0.25) is 0 Å². The van der Waals surface area contributed by atoms with Crippen LogP contribution < -0.4 is 0 Å². The third-order valence-electron chi connectivity index (χ3n) is 5.91. The summed E-state index contributed by atoms with van der Waals surface area (Å²) in [6.07, 6.45) is 0. The quantitative estimate of drug-likeness (QED) is 0.127. The van der Waals surface area contributed by atoms with Gasteiger partial charge in [-0.05, 0) is 23.0 Å². The molecule has 0 saturated heterocycles. The van der Waals surface area contributed by atoms with E-state index in [2.05, 4.69) is 97.1 Å². The first-order valence-corrected chi connectivity index (χ1v) is 10.8. The molecule has 5 aromatic carbocycles. The fourth-order valence-electron chi connectivity index (χ4n) is 4.40. The first-order valence-electron chi connectivity index (χ1n) is 10.8. The van der Waals surface area contributed by atoms with Crippen LogP contribution in [0.15, 0.2) is 121 Å². The summed E-state index contributed by atoms with van der Waals surface area (Å²) < 4.78 is 0. The van der Waals surface area contributed by atoms with E-state index in [9.17, 15) is 0 Å². The first-order chi connectivity index (χ1) is 15.9. The average Bonchev–Trinajstić information content (AvgIpc) is 2.88. The molecule has 0 spiro atoms. The van der Waals surface area contributed by atoms with Gasteiger partial charge in [0.2, 0.25) is 0 Å². The molecule has 0 unspecified atom stereocenters. The zero-order valence-electron chi connectivity index (χ0n) is 20.0. The van der Waals surface area contributed by atoms with Gasteiger partial charge in [0, 0.05) is 131 Å². The maximum absolute atomic E-state index is 3.14. The molecule has 0 heterocycles. The zero-order valence-corrected chi connectivity index (χ0v) is 31.4. The van der Waals surface area contributed by atoms with E-state index in [0.717, 1.165) is 0 Å². The Morgan fingerprint density at radius 1 is 0.278 bits per heavy atom. The van der Waals surface area contributed by atoms with E-state index < -0.39 is 0 Å². The van der Waals surface area contributed by atoms with Crippen molar-refractivity contribution in [3.05, 3.63) is 179 Å². The first kappa shape index (κ1) is 34.5. The van der Waals surface area contributed by atoms with Gasteiger partial charge in [0.15, 0.2) is 0 Å². The second-order valence-electron chi connectivity index (χ2n) is 7.87. The molecule has 0 N–H and O–H groups in total. The fourth-order valence-corrected chi connectivity index (χ4v) is 4.40. The van der Waals surface area contributed by atoms with Gasteiger partial charge in [-0.2, -0.15) is 121 Å². The summed E-state index contributed by atoms with van der Waals surface area (Å²) in [6, 6.07) is 54.7. The second kappa shape index (κ2) is 18.0. The van der Waals surface area contributed by atoms with Gasteiger partial charge in [0.05, 0.1) is 0 Å². The van der Waals surface area contributed by atoms with E-state index in [1.807, 2.05) is 48.5 Å². The minimum Gasteiger partial charge on any atom is -0.184 e. The molecule has 0 aliphatic heterocycles. The van der Waals surface area contributed by atoms with E-state index >= 15 is 0 Å². The second-order valence-corrected chi connectivity index (χ2v) is 7.87. The molecule has 166 valence electrons. The molecule has 0 saturated carbocycles. The predicted octanol–water partition coefficient (Wildman–Crippen LogP) is 7.24. The number of hydrogen-bond acceptors (Lipinski definition) is 0. The van der Waals surface area contributed by atoms with E-state index in [-0.39, 0.29) is 143 Å². The summed E-state index contributed by atoms with van der Waals surface area (Å²) in [5.41, 5.74) is 7.58. The van der Waals surface area contributed by atoms with Crippen molar-refractivity contribution in [2.75, 3.05) is 0 Å². The van der Waals surface area contributed by atoms with Gasteiger partial charge in [-0.1, -0.05) is 24.3 Å². The number of benzene rings is 5. The predicted molar refractivity (Wildman–Crippen MR) is 129 cm³/mol. The minimum absolute atomic E-state index is 0. The van der Waals surface area contributed by atoms with E-state index in [1.165, 1.54) is 33.4 Å². The molecule has 0 fully saturated rings. The molecular formula is C32H22Y4-4. The van der Waals surface area contributed by atoms with E-state index in [0.29, 0.717) is 0 Å². The van der Waals surface area contributed by atoms with Gasteiger partial charge >= 0.3 is 0 Å². The molecule has 0 aliphatic rings. The molecule has 0 amide bonds. The Bertz CT molecular complexity index is 1060. The average molecular weight is 762 g/mol. The van der Waals surface area contributed by atoms with Crippen molar-refractivity contribution in [3.8, 4) is 0 Å². The Morgan fingerprint density at radius 3 is 0.639 bits per heavy atom. The summed E-state index contributed by atoms with van der Waals surface area (Å²) >= 11 is 0. The Kier molecular flexibility index (Phi) is 17.2. The molecule has 0 atom stereocenters. The summed E-state index contributed by atoms with van der Waals surface area (Å²) in [4.78, 5) is 0. The number of hydrogen-bond donors (Lipinski definition) is 0. The van der Waals surface area contributed by atoms with Crippen molar-refractivity contribution >= 4 is 0 Å². The third-order valence-corrected chi connectivity index (χ3v) is 5.91. The van der Waals surface area contributed by atoms with Crippen LogP contribution in [0.4, 0.5) is 0 Å². The van der Waals surface area contributed by atoms with Crippen LogP contribution in [0.5, 0.6) is 0 Å². The van der Waals surface area contributed by atoms with Gasteiger partial charge in [-0.3, -0.25) is 0 Å². The van der Waals surface area contributed by atoms with Gasteiger partial charge in [0.25, 0.3) is 0 Å². The van der Waals surface area contributed by atoms with Gasteiger partial charge < -0.3 is 0 Å². The van der Waals surface area contributed by atoms with Crippen molar-refractivity contribution in [1.82, 2.24) is 0 Å². The summed E-state index contributed by atoms with van der Waals surface area (Å²) in [5.74, 6) is 0.341. The largest absolute Gasteiger partial charge is 0.184 e. The van der Waals surface area contributed by atoms with Gasteiger partial charge in [-0.15, -0.1) is 22.3 Å². The standard InChI is InChI=1S/C32H22.4Y/c1-5-13-25(14-6-1)31(26-15-7-2-8-16-26)29-21-23-30(24-22-29)32(27-17-9-3-10-18-27)28-19-11-4-12-20-28;;;;/h5-24,31-32H;;;;/q-4;;;;. The number of rotatable bonds is 6. The van der Waals surface area contributed by atoms with Crippen LogP contribution in [-0.4, -0.2) is 0 Å². The van der Waals surface area contributed by atoms with Crippen molar-refractivity contribution in [1.29, 1.82) is 0 Å². The molecule has 5 aromatic rings. The van der Waals surface area contributed by atoms with Crippen LogP contribution in [0.1, 0.15) is 45.2 Å². The molecule has 36 heavy (non-hydrogen) atoms. The summed E-state index contributed by atoms with van der Waals surface area (Å²) in [7, 11) is 0. The Morgan fingerprint density at radius 2 is 0.444 bits per heavy atom. The van der Waals surface area contributed by atoms with Crippen molar-refractivity contribution < 1.29 is 131 Å². The summed E-state index contributed by atoms with van der Waals surface area (Å²) in [5, 5.41) is 0. The fraction of sp³-hybridized carbons (Fsp3) is 0.0625. The third kappa shape index (κ3) is 8.76. The smallest absolute Gasteiger partial charge is 0 e. The molecule has 0 aromatic heterocycles. The molecule has 4 radical (unpaired) electrons. The van der Waals surface area contributed by atoms with Crippen molar-refractivity contribution in [3.63, 3.8) is 0 Å². The van der Waals surface area contributed by atoms with Gasteiger partial charge in [-0.25, -0.2) is 0 Å². The summed E-state index contributed by atoms with van der Waals surface area (Å²) in [6.45, 7) is 0. The monoisotopic (exact) mass is 762 g/mol. The topological polar surface area (TPSA) is 0 Å². The van der Waals surface area contributed by atoms with Crippen molar-refractivity contribution in [2.45, 2.75) is 11.8 Å². The SMILES string of the molecule is [Y].[Y].[Y].[Y].[c-]1ccc(C(c2cc[c-]cc2)c2ccc(C(c3cc[c-]cc3)c3cc[c-]cc3)cc2)cc1. The van der Waals surface area contributed by atoms with Crippen LogP contribution in [0, 0.1) is 24.3 Å². The van der Waals surface area contributed by atoms with Crippen LogP contribution in [0.25, 0.3) is 0 Å².